The fourth-order valence-corrected chi connectivity index (χ4v) is 6.15. The van der Waals surface area contributed by atoms with Gasteiger partial charge in [-0.25, -0.2) is 8.97 Å². The average Bonchev–Trinajstić information content (AvgIpc) is 3.34. The van der Waals surface area contributed by atoms with E-state index in [0.29, 0.717) is 27.0 Å². The van der Waals surface area contributed by atoms with Gasteiger partial charge >= 0.3 is 5.97 Å². The van der Waals surface area contributed by atoms with Crippen molar-refractivity contribution in [3.8, 4) is 5.69 Å². The molecule has 0 saturated heterocycles. The van der Waals surface area contributed by atoms with Crippen LogP contribution in [-0.2, 0) is 22.5 Å². The molecule has 11 heteroatoms. The summed E-state index contributed by atoms with van der Waals surface area (Å²) >= 11 is 8.89. The average molecular weight is 476 g/mol. The van der Waals surface area contributed by atoms with E-state index in [1.807, 2.05) is 4.40 Å². The minimum absolute atomic E-state index is 0.104. The van der Waals surface area contributed by atoms with E-state index in [4.69, 9.17) is 16.3 Å². The first-order valence-electron chi connectivity index (χ1n) is 9.56. The van der Waals surface area contributed by atoms with Gasteiger partial charge in [-0.1, -0.05) is 23.4 Å². The Kier molecular flexibility index (Phi) is 5.25. The summed E-state index contributed by atoms with van der Waals surface area (Å²) in [5.41, 5.74) is 1.63. The van der Waals surface area contributed by atoms with Gasteiger partial charge in [-0.15, -0.1) is 21.5 Å². The lowest BCUT2D eigenvalue weighted by Crippen LogP contribution is -2.27. The van der Waals surface area contributed by atoms with Crippen molar-refractivity contribution in [2.45, 2.75) is 18.1 Å². The number of methoxy groups -OCH3 is 1. The third-order valence-corrected chi connectivity index (χ3v) is 7.65. The quantitative estimate of drug-likeness (QED) is 0.331. The molecule has 0 aliphatic carbocycles. The minimum Gasteiger partial charge on any atom is -0.468 e. The van der Waals surface area contributed by atoms with Crippen LogP contribution in [0.1, 0.15) is 10.4 Å². The third-order valence-electron chi connectivity index (χ3n) is 5.30. The van der Waals surface area contributed by atoms with Crippen molar-refractivity contribution in [3.05, 3.63) is 50.1 Å². The number of nitrogens with zero attached hydrogens (tertiary/aromatic N) is 5. The maximum Gasteiger partial charge on any atom is 0.316 e. The van der Waals surface area contributed by atoms with E-state index in [9.17, 15) is 9.59 Å². The number of hydrogen-bond donors (Lipinski definition) is 0. The molecule has 1 aliphatic heterocycles. The lowest BCUT2D eigenvalue weighted by Gasteiger charge is -2.21. The summed E-state index contributed by atoms with van der Waals surface area (Å²) in [5, 5.41) is 10.4. The first kappa shape index (κ1) is 20.5. The van der Waals surface area contributed by atoms with Crippen LogP contribution in [-0.4, -0.2) is 56.5 Å². The van der Waals surface area contributed by atoms with Gasteiger partial charge in [-0.3, -0.25) is 9.59 Å². The SMILES string of the molecule is COC(=O)CSc1nnc2n(-c3ccc(Cl)cc3)c(=O)c3c4c(sc3n12)CN(C)CC4. The molecule has 0 atom stereocenters. The van der Waals surface area contributed by atoms with Crippen molar-refractivity contribution in [1.29, 1.82) is 0 Å². The Hall–Kier alpha value is -2.40. The fourth-order valence-electron chi connectivity index (χ4n) is 3.78. The van der Waals surface area contributed by atoms with E-state index in [1.54, 1.807) is 40.2 Å². The van der Waals surface area contributed by atoms with Crippen LogP contribution >= 0.6 is 34.7 Å². The van der Waals surface area contributed by atoms with Crippen LogP contribution in [0.4, 0.5) is 0 Å². The zero-order valence-electron chi connectivity index (χ0n) is 16.8. The van der Waals surface area contributed by atoms with Gasteiger partial charge in [0, 0.05) is 23.0 Å². The van der Waals surface area contributed by atoms with Crippen LogP contribution in [0.3, 0.4) is 0 Å². The van der Waals surface area contributed by atoms with Crippen molar-refractivity contribution >= 4 is 56.7 Å². The number of carbonyl (C=O) groups excluding carboxylic acids is 1. The number of ether oxygens (including phenoxy) is 1. The fraction of sp³-hybridized carbons (Fsp3) is 0.300. The lowest BCUT2D eigenvalue weighted by atomic mass is 10.1. The molecule has 5 rings (SSSR count). The predicted molar refractivity (Wildman–Crippen MR) is 122 cm³/mol. The zero-order chi connectivity index (χ0) is 21.7. The van der Waals surface area contributed by atoms with Crippen LogP contribution in [0.15, 0.2) is 34.2 Å². The van der Waals surface area contributed by atoms with Crippen LogP contribution in [0.25, 0.3) is 21.7 Å². The van der Waals surface area contributed by atoms with Gasteiger partial charge in [-0.2, -0.15) is 0 Å². The predicted octanol–water partition coefficient (Wildman–Crippen LogP) is 3.00. The number of thioether (sulfide) groups is 1. The molecule has 0 fully saturated rings. The maximum atomic E-state index is 13.7. The number of aromatic nitrogens is 4. The van der Waals surface area contributed by atoms with E-state index in [1.165, 1.54) is 23.7 Å². The van der Waals surface area contributed by atoms with Gasteiger partial charge in [0.05, 0.1) is 23.9 Å². The summed E-state index contributed by atoms with van der Waals surface area (Å²) < 4.78 is 8.21. The molecule has 0 saturated carbocycles. The van der Waals surface area contributed by atoms with Crippen molar-refractivity contribution in [2.24, 2.45) is 0 Å². The van der Waals surface area contributed by atoms with Gasteiger partial charge in [0.15, 0.2) is 5.16 Å². The Morgan fingerprint density at radius 2 is 2.06 bits per heavy atom. The molecular weight excluding hydrogens is 458 g/mol. The molecule has 0 N–H and O–H groups in total. The Morgan fingerprint density at radius 1 is 1.29 bits per heavy atom. The third kappa shape index (κ3) is 3.43. The van der Waals surface area contributed by atoms with Gasteiger partial charge in [0.2, 0.25) is 5.78 Å². The van der Waals surface area contributed by atoms with Crippen molar-refractivity contribution in [1.82, 2.24) is 24.1 Å². The summed E-state index contributed by atoms with van der Waals surface area (Å²) in [5.74, 6) is 0.155. The largest absolute Gasteiger partial charge is 0.468 e. The second kappa shape index (κ2) is 7.94. The molecule has 31 heavy (non-hydrogen) atoms. The van der Waals surface area contributed by atoms with Crippen LogP contribution in [0, 0.1) is 0 Å². The smallest absolute Gasteiger partial charge is 0.316 e. The van der Waals surface area contributed by atoms with E-state index >= 15 is 0 Å². The zero-order valence-corrected chi connectivity index (χ0v) is 19.2. The molecule has 3 aromatic heterocycles. The van der Waals surface area contributed by atoms with E-state index < -0.39 is 0 Å². The second-order valence-electron chi connectivity index (χ2n) is 7.27. The number of fused-ring (bicyclic) bond motifs is 5. The van der Waals surface area contributed by atoms with Crippen molar-refractivity contribution in [2.75, 3.05) is 26.5 Å². The van der Waals surface area contributed by atoms with E-state index in [-0.39, 0.29) is 17.3 Å². The van der Waals surface area contributed by atoms with Gasteiger partial charge in [0.25, 0.3) is 5.56 Å². The summed E-state index contributed by atoms with van der Waals surface area (Å²) in [6, 6.07) is 7.06. The highest BCUT2D eigenvalue weighted by Gasteiger charge is 2.27. The van der Waals surface area contributed by atoms with Gasteiger partial charge in [-0.05, 0) is 43.3 Å². The summed E-state index contributed by atoms with van der Waals surface area (Å²) in [4.78, 5) is 29.7. The molecule has 0 unspecified atom stereocenters. The number of likely N-dealkylation sites (N-methyl/N-ethyl adjacent to an activating group) is 1. The first-order valence-corrected chi connectivity index (χ1v) is 11.7. The van der Waals surface area contributed by atoms with Crippen LogP contribution in [0.2, 0.25) is 5.02 Å². The summed E-state index contributed by atoms with van der Waals surface area (Å²) in [7, 11) is 3.43. The molecule has 0 spiro atoms. The molecular formula is C20H18ClN5O3S2. The highest BCUT2D eigenvalue weighted by Crippen LogP contribution is 2.35. The normalized spacial score (nSPS) is 14.3. The van der Waals surface area contributed by atoms with Crippen molar-refractivity contribution < 1.29 is 9.53 Å². The number of carbonyl (C=O) groups is 1. The van der Waals surface area contributed by atoms with E-state index in [0.717, 1.165) is 29.9 Å². The van der Waals surface area contributed by atoms with Gasteiger partial charge in [0.1, 0.15) is 4.83 Å². The molecule has 1 aromatic carbocycles. The molecule has 160 valence electrons. The highest BCUT2D eigenvalue weighted by atomic mass is 35.5. The Labute approximate surface area is 190 Å². The van der Waals surface area contributed by atoms with Crippen LogP contribution < -0.4 is 5.56 Å². The molecule has 0 amide bonds. The molecule has 1 aliphatic rings. The topological polar surface area (TPSA) is 81.7 Å². The first-order chi connectivity index (χ1) is 15.0. The molecule has 0 radical (unpaired) electrons. The van der Waals surface area contributed by atoms with Gasteiger partial charge < -0.3 is 9.64 Å². The van der Waals surface area contributed by atoms with Crippen molar-refractivity contribution in [3.63, 3.8) is 0 Å². The number of benzene rings is 1. The summed E-state index contributed by atoms with van der Waals surface area (Å²) in [6.45, 7) is 1.69. The number of halogens is 1. The Bertz CT molecular complexity index is 1380. The Morgan fingerprint density at radius 3 is 2.81 bits per heavy atom. The highest BCUT2D eigenvalue weighted by molar-refractivity contribution is 7.99. The Balaban J connectivity index is 1.82. The lowest BCUT2D eigenvalue weighted by molar-refractivity contribution is -0.137. The number of hydrogen-bond acceptors (Lipinski definition) is 8. The molecule has 0 bridgehead atoms. The molecule has 8 nitrogen and oxygen atoms in total. The monoisotopic (exact) mass is 475 g/mol. The molecule has 4 heterocycles. The minimum atomic E-state index is -0.351. The summed E-state index contributed by atoms with van der Waals surface area (Å²) in [6.07, 6.45) is 0.806. The second-order valence-corrected chi connectivity index (χ2v) is 9.73. The standard InChI is InChI=1S/C20H18ClN5O3S2/c1-24-8-7-13-14(9-24)31-18-16(13)17(28)25(12-5-3-11(21)4-6-12)19-22-23-20(26(18)19)30-10-15(27)29-2/h3-6H,7-10H2,1-2H3. The maximum absolute atomic E-state index is 13.7. The number of esters is 1. The van der Waals surface area contributed by atoms with Crippen LogP contribution in [0.5, 0.6) is 0 Å². The molecule has 4 aromatic rings. The number of thiophene rings is 1. The van der Waals surface area contributed by atoms with E-state index in [2.05, 4.69) is 22.1 Å². The number of rotatable bonds is 4.